The molecule has 0 saturated heterocycles. The zero-order valence-electron chi connectivity index (χ0n) is 8.61. The molecule has 2 heterocycles. The molecule has 0 amide bonds. The molecule has 0 aliphatic carbocycles. The monoisotopic (exact) mass is 227 g/mol. The predicted octanol–water partition coefficient (Wildman–Crippen LogP) is 2.28. The fraction of sp³-hybridized carbons (Fsp3) is 0.500. The second-order valence-electron chi connectivity index (χ2n) is 3.89. The number of fused-ring (bicyclic) bond motifs is 1. The molecule has 0 spiro atoms. The van der Waals surface area contributed by atoms with Crippen molar-refractivity contribution in [1.29, 1.82) is 0 Å². The zero-order chi connectivity index (χ0) is 11.0. The Kier molecular flexibility index (Phi) is 2.56. The molecule has 4 nitrogen and oxygen atoms in total. The molecule has 1 aliphatic heterocycles. The first-order valence-electron chi connectivity index (χ1n) is 4.85. The minimum absolute atomic E-state index is 0.119. The molecule has 0 radical (unpaired) electrons. The van der Waals surface area contributed by atoms with E-state index in [9.17, 15) is 4.79 Å². The molecule has 1 atom stereocenters. The molecule has 0 fully saturated rings. The second-order valence-corrected chi connectivity index (χ2v) is 4.77. The summed E-state index contributed by atoms with van der Waals surface area (Å²) in [5.74, 6) is 0.182. The molecule has 82 valence electrons. The van der Waals surface area contributed by atoms with E-state index in [2.05, 4.69) is 19.2 Å². The summed E-state index contributed by atoms with van der Waals surface area (Å²) in [6.07, 6.45) is 0.119. The number of hydrogen-bond acceptors (Lipinski definition) is 4. The van der Waals surface area contributed by atoms with E-state index in [1.807, 2.05) is 0 Å². The maximum atomic E-state index is 10.9. The number of carboxylic acids is 1. The Morgan fingerprint density at radius 3 is 3.07 bits per heavy atom. The van der Waals surface area contributed by atoms with Gasteiger partial charge in [0.1, 0.15) is 16.7 Å². The van der Waals surface area contributed by atoms with Crippen LogP contribution in [0.1, 0.15) is 23.5 Å². The van der Waals surface area contributed by atoms with Crippen molar-refractivity contribution in [3.8, 4) is 5.75 Å². The first-order chi connectivity index (χ1) is 7.09. The van der Waals surface area contributed by atoms with Crippen LogP contribution in [-0.2, 0) is 0 Å². The van der Waals surface area contributed by atoms with Gasteiger partial charge in [0.05, 0.1) is 6.54 Å². The molecule has 1 aromatic heterocycles. The summed E-state index contributed by atoms with van der Waals surface area (Å²) in [7, 11) is 0. The van der Waals surface area contributed by atoms with Gasteiger partial charge >= 0.3 is 5.97 Å². The van der Waals surface area contributed by atoms with E-state index in [4.69, 9.17) is 9.84 Å². The van der Waals surface area contributed by atoms with Crippen LogP contribution < -0.4 is 10.1 Å². The Bertz CT molecular complexity index is 386. The Hall–Kier alpha value is -1.23. The highest BCUT2D eigenvalue weighted by molar-refractivity contribution is 7.13. The summed E-state index contributed by atoms with van der Waals surface area (Å²) in [5, 5.41) is 13.8. The van der Waals surface area contributed by atoms with Crippen molar-refractivity contribution < 1.29 is 14.6 Å². The lowest BCUT2D eigenvalue weighted by Gasteiger charge is -2.28. The van der Waals surface area contributed by atoms with Gasteiger partial charge in [-0.05, 0) is 5.92 Å². The molecule has 2 N–H and O–H groups in total. The number of ether oxygens (including phenoxy) is 1. The lowest BCUT2D eigenvalue weighted by molar-refractivity contribution is 0.0702. The normalized spacial score (nSPS) is 19.3. The van der Waals surface area contributed by atoms with Gasteiger partial charge in [-0.15, -0.1) is 11.3 Å². The maximum absolute atomic E-state index is 10.9. The average Bonchev–Trinajstić information content (AvgIpc) is 2.59. The molecule has 2 rings (SSSR count). The molecular weight excluding hydrogens is 214 g/mol. The van der Waals surface area contributed by atoms with E-state index >= 15 is 0 Å². The number of carboxylic acid groups (broad SMARTS) is 1. The minimum atomic E-state index is -0.902. The smallest absolute Gasteiger partial charge is 0.348 e. The van der Waals surface area contributed by atoms with Crippen LogP contribution >= 0.6 is 11.3 Å². The van der Waals surface area contributed by atoms with Crippen molar-refractivity contribution in [1.82, 2.24) is 0 Å². The molecule has 0 aromatic carbocycles. The maximum Gasteiger partial charge on any atom is 0.348 e. The van der Waals surface area contributed by atoms with Crippen LogP contribution in [0.5, 0.6) is 5.75 Å². The number of carbonyl (C=O) groups is 1. The number of nitrogens with one attached hydrogen (secondary N) is 1. The van der Waals surface area contributed by atoms with E-state index in [0.29, 0.717) is 28.8 Å². The Morgan fingerprint density at radius 1 is 1.73 bits per heavy atom. The highest BCUT2D eigenvalue weighted by Gasteiger charge is 2.27. The molecule has 0 saturated carbocycles. The quantitative estimate of drug-likeness (QED) is 0.813. The third-order valence-electron chi connectivity index (χ3n) is 2.45. The van der Waals surface area contributed by atoms with E-state index in [0.717, 1.165) is 0 Å². The summed E-state index contributed by atoms with van der Waals surface area (Å²) >= 11 is 1.20. The standard InChI is InChI=1S/C10H13NO3S/c1-5(2)6-3-11-8-7(14-6)4-15-9(8)10(12)13/h4-6,11H,3H2,1-2H3,(H,12,13). The van der Waals surface area contributed by atoms with Crippen molar-refractivity contribution in [3.63, 3.8) is 0 Å². The topological polar surface area (TPSA) is 58.6 Å². The van der Waals surface area contributed by atoms with E-state index in [1.54, 1.807) is 5.38 Å². The third-order valence-corrected chi connectivity index (χ3v) is 3.40. The van der Waals surface area contributed by atoms with Gasteiger partial charge in [0, 0.05) is 5.38 Å². The van der Waals surface area contributed by atoms with E-state index < -0.39 is 5.97 Å². The Labute approximate surface area is 91.9 Å². The lowest BCUT2D eigenvalue weighted by atomic mass is 10.1. The summed E-state index contributed by atoms with van der Waals surface area (Å²) in [6, 6.07) is 0. The van der Waals surface area contributed by atoms with Gasteiger partial charge in [-0.25, -0.2) is 4.79 Å². The summed E-state index contributed by atoms with van der Waals surface area (Å²) < 4.78 is 5.71. The molecular formula is C10H13NO3S. The van der Waals surface area contributed by atoms with Crippen molar-refractivity contribution >= 4 is 23.0 Å². The Morgan fingerprint density at radius 2 is 2.47 bits per heavy atom. The lowest BCUT2D eigenvalue weighted by Crippen LogP contribution is -2.34. The van der Waals surface area contributed by atoms with E-state index in [1.165, 1.54) is 11.3 Å². The molecule has 1 aliphatic rings. The van der Waals surface area contributed by atoms with Gasteiger partial charge in [0.15, 0.2) is 5.75 Å². The zero-order valence-corrected chi connectivity index (χ0v) is 9.43. The van der Waals surface area contributed by atoms with Crippen molar-refractivity contribution in [3.05, 3.63) is 10.3 Å². The third kappa shape index (κ3) is 1.79. The number of thiophene rings is 1. The van der Waals surface area contributed by atoms with Crippen LogP contribution in [-0.4, -0.2) is 23.7 Å². The first-order valence-corrected chi connectivity index (χ1v) is 5.73. The van der Waals surface area contributed by atoms with Crippen LogP contribution in [0.4, 0.5) is 5.69 Å². The molecule has 15 heavy (non-hydrogen) atoms. The van der Waals surface area contributed by atoms with Gasteiger partial charge < -0.3 is 15.2 Å². The number of rotatable bonds is 2. The van der Waals surface area contributed by atoms with E-state index in [-0.39, 0.29) is 6.10 Å². The number of anilines is 1. The fourth-order valence-electron chi connectivity index (χ4n) is 1.53. The highest BCUT2D eigenvalue weighted by atomic mass is 32.1. The largest absolute Gasteiger partial charge is 0.485 e. The SMILES string of the molecule is CC(C)C1CNc2c(csc2C(=O)O)O1. The molecule has 1 aromatic rings. The predicted molar refractivity (Wildman–Crippen MR) is 59.0 cm³/mol. The minimum Gasteiger partial charge on any atom is -0.485 e. The van der Waals surface area contributed by atoms with Gasteiger partial charge in [0.25, 0.3) is 0 Å². The average molecular weight is 227 g/mol. The Balaban J connectivity index is 2.26. The number of aromatic carboxylic acids is 1. The van der Waals surface area contributed by atoms with Crippen LogP contribution in [0.3, 0.4) is 0 Å². The summed E-state index contributed by atoms with van der Waals surface area (Å²) in [5.41, 5.74) is 0.629. The fourth-order valence-corrected chi connectivity index (χ4v) is 2.32. The first kappa shape index (κ1) is 10.3. The van der Waals surface area contributed by atoms with Crippen molar-refractivity contribution in [2.75, 3.05) is 11.9 Å². The van der Waals surface area contributed by atoms with Gasteiger partial charge in [0.2, 0.25) is 0 Å². The van der Waals surface area contributed by atoms with Gasteiger partial charge in [-0.2, -0.15) is 0 Å². The number of hydrogen-bond donors (Lipinski definition) is 2. The van der Waals surface area contributed by atoms with Gasteiger partial charge in [-0.1, -0.05) is 13.8 Å². The highest BCUT2D eigenvalue weighted by Crippen LogP contribution is 2.38. The van der Waals surface area contributed by atoms with Crippen LogP contribution in [0, 0.1) is 5.92 Å². The van der Waals surface area contributed by atoms with Crippen molar-refractivity contribution in [2.24, 2.45) is 5.92 Å². The molecule has 0 bridgehead atoms. The van der Waals surface area contributed by atoms with Crippen LogP contribution in [0.15, 0.2) is 5.38 Å². The second kappa shape index (κ2) is 3.73. The molecule has 5 heteroatoms. The molecule has 1 unspecified atom stereocenters. The summed E-state index contributed by atoms with van der Waals surface area (Å²) in [4.78, 5) is 11.2. The van der Waals surface area contributed by atoms with Crippen LogP contribution in [0.2, 0.25) is 0 Å². The van der Waals surface area contributed by atoms with Crippen molar-refractivity contribution in [2.45, 2.75) is 20.0 Å². The van der Waals surface area contributed by atoms with Crippen LogP contribution in [0.25, 0.3) is 0 Å². The van der Waals surface area contributed by atoms with Gasteiger partial charge in [-0.3, -0.25) is 0 Å². The summed E-state index contributed by atoms with van der Waals surface area (Å²) in [6.45, 7) is 4.84.